The summed E-state index contributed by atoms with van der Waals surface area (Å²) in [6.45, 7) is 3.56. The molecule has 14 aromatic rings. The van der Waals surface area contributed by atoms with Crippen LogP contribution in [0.25, 0.3) is 0 Å². The molecule has 0 aliphatic heterocycles. The number of hydrogen-bond acceptors (Lipinski definition) is 3. The third-order valence-electron chi connectivity index (χ3n) is 15.0. The van der Waals surface area contributed by atoms with Gasteiger partial charge in [0.25, 0.3) is 0 Å². The van der Waals surface area contributed by atoms with Gasteiger partial charge in [-0.15, -0.1) is 0 Å². The summed E-state index contributed by atoms with van der Waals surface area (Å²) < 4.78 is 25.8. The monoisotopic (exact) mass is 1510 g/mol. The predicted molar refractivity (Wildman–Crippen MR) is 424 cm³/mol. The van der Waals surface area contributed by atoms with Gasteiger partial charge < -0.3 is 11.5 Å². The molecular formula is C87H74BrF2N3P4Pd. The molecule has 0 spiro atoms. The zero-order valence-electron chi connectivity index (χ0n) is 54.3. The minimum Gasteiger partial charge on any atom is -0.398 e. The van der Waals surface area contributed by atoms with Crippen LogP contribution in [0.1, 0.15) is 16.7 Å². The summed E-state index contributed by atoms with van der Waals surface area (Å²) >= 11 is 3.05. The third-order valence-corrected chi connectivity index (χ3v) is 25.3. The molecule has 488 valence electrons. The molecule has 4 N–H and O–H groups in total. The minimum atomic E-state index is -0.560. The quantitative estimate of drug-likeness (QED) is 0.0727. The van der Waals surface area contributed by atoms with Gasteiger partial charge >= 0.3 is 0 Å². The second-order valence-corrected chi connectivity index (χ2v) is 31.5. The first-order chi connectivity index (χ1) is 47.6. The summed E-state index contributed by atoms with van der Waals surface area (Å²) in [6, 6.07) is 137. The summed E-state index contributed by atoms with van der Waals surface area (Å²) in [4.78, 5) is 0. The van der Waals surface area contributed by atoms with Crippen molar-refractivity contribution in [3.05, 3.63) is 421 Å². The molecule has 0 radical (unpaired) electrons. The molecule has 11 heteroatoms. The van der Waals surface area contributed by atoms with Crippen molar-refractivity contribution in [3.8, 4) is 6.07 Å². The third kappa shape index (κ3) is 22.5. The molecular weight excluding hydrogens is 1440 g/mol. The second kappa shape index (κ2) is 40.6. The summed E-state index contributed by atoms with van der Waals surface area (Å²) in [5.74, 6) is -0.876. The van der Waals surface area contributed by atoms with Gasteiger partial charge in [-0.05, 0) is 161 Å². The fourth-order valence-electron chi connectivity index (χ4n) is 10.2. The predicted octanol–water partition coefficient (Wildman–Crippen LogP) is 17.8. The summed E-state index contributed by atoms with van der Waals surface area (Å²) in [5.41, 5.74) is 13.3. The fourth-order valence-corrected chi connectivity index (χ4v) is 19.8. The van der Waals surface area contributed by atoms with E-state index in [0.717, 1.165) is 17.2 Å². The van der Waals surface area contributed by atoms with Crippen LogP contribution in [-0.4, -0.2) is 0 Å². The van der Waals surface area contributed by atoms with Gasteiger partial charge in [-0.2, -0.15) is 5.26 Å². The maximum Gasteiger partial charge on any atom is 0.143 e. The van der Waals surface area contributed by atoms with Crippen LogP contribution < -0.4 is 75.1 Å². The zero-order chi connectivity index (χ0) is 67.8. The number of hydrogen-bond donors (Lipinski definition) is 2. The Labute approximate surface area is 604 Å². The summed E-state index contributed by atoms with van der Waals surface area (Å²) in [5, 5.41) is 25.2. The molecule has 0 aliphatic carbocycles. The molecule has 0 fully saturated rings. The Kier molecular flexibility index (Phi) is 30.9. The molecule has 14 aromatic carbocycles. The van der Waals surface area contributed by atoms with Crippen molar-refractivity contribution in [1.29, 1.82) is 5.26 Å². The second-order valence-electron chi connectivity index (χ2n) is 21.8. The minimum absolute atomic E-state index is 0. The maximum absolute atomic E-state index is 12.7. The molecule has 0 bridgehead atoms. The molecule has 3 nitrogen and oxygen atoms in total. The first-order valence-corrected chi connectivity index (χ1v) is 37.7. The number of benzene rings is 14. The van der Waals surface area contributed by atoms with Crippen LogP contribution in [0.2, 0.25) is 0 Å². The van der Waals surface area contributed by atoms with E-state index in [4.69, 9.17) is 16.7 Å². The van der Waals surface area contributed by atoms with E-state index in [2.05, 4.69) is 380 Å². The number of aryl methyl sites for hydroxylation is 2. The van der Waals surface area contributed by atoms with Crippen molar-refractivity contribution >= 4 is 123 Å². The van der Waals surface area contributed by atoms with Crippen LogP contribution in [0.4, 0.5) is 20.2 Å². The Morgan fingerprint density at radius 1 is 0.265 bits per heavy atom. The molecule has 0 heterocycles. The van der Waals surface area contributed by atoms with Gasteiger partial charge in [0.15, 0.2) is 0 Å². The molecule has 0 aromatic heterocycles. The first kappa shape index (κ1) is 74.7. The molecule has 0 atom stereocenters. The van der Waals surface area contributed by atoms with Crippen LogP contribution in [0.3, 0.4) is 0 Å². The normalized spacial score (nSPS) is 10.2. The number of nitrogens with two attached hydrogens (primary N) is 2. The van der Waals surface area contributed by atoms with Crippen molar-refractivity contribution in [3.63, 3.8) is 0 Å². The van der Waals surface area contributed by atoms with Crippen LogP contribution in [0, 0.1) is 36.8 Å². The van der Waals surface area contributed by atoms with E-state index in [9.17, 15) is 8.78 Å². The van der Waals surface area contributed by atoms with Crippen LogP contribution in [0.15, 0.2) is 393 Å². The van der Waals surface area contributed by atoms with Gasteiger partial charge in [-0.3, -0.25) is 0 Å². The molecule has 0 saturated carbocycles. The topological polar surface area (TPSA) is 75.8 Å². The van der Waals surface area contributed by atoms with Gasteiger partial charge in [0.2, 0.25) is 0 Å². The largest absolute Gasteiger partial charge is 0.398 e. The Morgan fingerprint density at radius 3 is 0.571 bits per heavy atom. The molecule has 0 saturated heterocycles. The Hall–Kier alpha value is -9.11. The number of nitrogen functional groups attached to an aromatic ring is 2. The van der Waals surface area contributed by atoms with Crippen molar-refractivity contribution in [2.75, 3.05) is 11.5 Å². The van der Waals surface area contributed by atoms with E-state index >= 15 is 0 Å². The molecule has 14 rings (SSSR count). The Balaban J connectivity index is 0.000000152. The summed E-state index contributed by atoms with van der Waals surface area (Å²) in [7, 11) is -1.78. The molecule has 0 amide bonds. The summed E-state index contributed by atoms with van der Waals surface area (Å²) in [6.07, 6.45) is 0. The zero-order valence-corrected chi connectivity index (χ0v) is 61.0. The number of rotatable bonds is 12. The van der Waals surface area contributed by atoms with Gasteiger partial charge in [0, 0.05) is 31.8 Å². The van der Waals surface area contributed by atoms with Gasteiger partial charge in [-0.25, -0.2) is 8.78 Å². The molecule has 98 heavy (non-hydrogen) atoms. The van der Waals surface area contributed by atoms with E-state index in [1.165, 1.54) is 75.8 Å². The molecule has 0 unspecified atom stereocenters. The molecule has 0 aliphatic rings. The van der Waals surface area contributed by atoms with Gasteiger partial charge in [0.05, 0.1) is 10.0 Å². The van der Waals surface area contributed by atoms with Gasteiger partial charge in [0.1, 0.15) is 17.7 Å². The average molecular weight is 1510 g/mol. The Bertz CT molecular complexity index is 3690. The van der Waals surface area contributed by atoms with Crippen LogP contribution in [-0.2, 0) is 20.4 Å². The fraction of sp³-hybridized carbons (Fsp3) is 0.0230. The van der Waals surface area contributed by atoms with E-state index < -0.39 is 37.5 Å². The number of halogens is 3. The average Bonchev–Trinajstić information content (AvgIpc) is 0.851. The van der Waals surface area contributed by atoms with Crippen LogP contribution in [0.5, 0.6) is 0 Å². The SMILES string of the molecule is Cc1cc(Br)c(F)cc1N.Cc1cc(C#N)c(F)cc1N.[Pd].c1ccc(P(c2ccccc2)c2ccccc2)cc1.c1ccc(P(c2ccccc2)c2ccccc2)cc1.c1ccc(P(c2ccccc2)c2ccccc2)cc1.c1ccc(P(c2ccccc2)c2ccccc2)cc1. The van der Waals surface area contributed by atoms with Gasteiger partial charge in [-0.1, -0.05) is 364 Å². The maximum atomic E-state index is 12.7. The standard InChI is InChI=1S/4C18H15P.C8H7FN2.C7H7BrFN.Pd/c4*1-4-10-16(11-5-1)19(17-12-6-2-7-13-17)18-14-8-3-9-15-18;1-5-2-6(4-10)7(9)3-8(5)11;1-4-2-5(8)6(9)3-7(4)10;/h4*1-15H;2-3H,11H2,1H3;2-3H,10H2,1H3;. The van der Waals surface area contributed by atoms with Crippen molar-refractivity contribution in [1.82, 2.24) is 0 Å². The van der Waals surface area contributed by atoms with Crippen molar-refractivity contribution < 1.29 is 29.2 Å². The smallest absolute Gasteiger partial charge is 0.143 e. The van der Waals surface area contributed by atoms with E-state index in [-0.39, 0.29) is 31.8 Å². The Morgan fingerprint density at radius 2 is 0.418 bits per heavy atom. The van der Waals surface area contributed by atoms with Crippen LogP contribution >= 0.6 is 47.6 Å². The van der Waals surface area contributed by atoms with Crippen molar-refractivity contribution in [2.24, 2.45) is 0 Å². The number of nitriles is 1. The number of anilines is 2. The van der Waals surface area contributed by atoms with E-state index in [0.29, 0.717) is 15.8 Å². The first-order valence-electron chi connectivity index (χ1n) is 31.5. The van der Waals surface area contributed by atoms with E-state index in [1.807, 2.05) is 6.92 Å². The van der Waals surface area contributed by atoms with E-state index in [1.54, 1.807) is 19.1 Å². The van der Waals surface area contributed by atoms with Crippen molar-refractivity contribution in [2.45, 2.75) is 13.8 Å². The number of nitrogens with zero attached hydrogens (tertiary/aromatic N) is 1.